The molecule has 4 heteroatoms. The third-order valence-corrected chi connectivity index (χ3v) is 4.47. The summed E-state index contributed by atoms with van der Waals surface area (Å²) in [4.78, 5) is 24.5. The van der Waals surface area contributed by atoms with E-state index in [0.717, 1.165) is 27.9 Å². The average Bonchev–Trinajstić information content (AvgIpc) is 2.68. The van der Waals surface area contributed by atoms with E-state index in [1.807, 2.05) is 80.6 Å². The molecule has 1 N–H and O–H groups in total. The Hall–Kier alpha value is -3.40. The van der Waals surface area contributed by atoms with Crippen molar-refractivity contribution in [1.29, 1.82) is 0 Å². The summed E-state index contributed by atoms with van der Waals surface area (Å²) in [5.74, 6) is -0.858. The quantitative estimate of drug-likeness (QED) is 0.638. The van der Waals surface area contributed by atoms with E-state index in [-0.39, 0.29) is 12.5 Å². The molecular formula is C24H23NO3. The molecule has 3 aromatic carbocycles. The number of benzene rings is 3. The Balaban J connectivity index is 1.61. The fraction of sp³-hybridized carbons (Fsp3) is 0.167. The maximum absolute atomic E-state index is 12.3. The molecule has 0 saturated heterocycles. The van der Waals surface area contributed by atoms with Crippen LogP contribution < -0.4 is 5.32 Å². The summed E-state index contributed by atoms with van der Waals surface area (Å²) in [5.41, 5.74) is 5.26. The zero-order valence-electron chi connectivity index (χ0n) is 16.1. The van der Waals surface area contributed by atoms with Crippen LogP contribution in [-0.2, 0) is 16.0 Å². The molecule has 0 radical (unpaired) electrons. The number of carbonyl (C=O) groups is 2. The Morgan fingerprint density at radius 2 is 1.61 bits per heavy atom. The lowest BCUT2D eigenvalue weighted by atomic mass is 10.0. The number of hydrogen-bond acceptors (Lipinski definition) is 3. The highest BCUT2D eigenvalue weighted by atomic mass is 16.5. The van der Waals surface area contributed by atoms with Gasteiger partial charge in [0.2, 0.25) is 0 Å². The summed E-state index contributed by atoms with van der Waals surface area (Å²) >= 11 is 0. The molecule has 0 unspecified atom stereocenters. The standard InChI is InChI=1S/C24H23NO3/c1-17-12-13-21(18(2)14-17)24(27)28-16-23(26)25-22-11-7-6-10-20(22)15-19-8-4-3-5-9-19/h3-14H,15-16H2,1-2H3,(H,25,26). The minimum atomic E-state index is -0.495. The third-order valence-electron chi connectivity index (χ3n) is 4.47. The van der Waals surface area contributed by atoms with Crippen LogP contribution >= 0.6 is 0 Å². The molecule has 0 bridgehead atoms. The first-order valence-electron chi connectivity index (χ1n) is 9.19. The molecule has 0 aliphatic carbocycles. The van der Waals surface area contributed by atoms with Crippen molar-refractivity contribution >= 4 is 17.6 Å². The van der Waals surface area contributed by atoms with Gasteiger partial charge in [-0.25, -0.2) is 4.79 Å². The Bertz CT molecular complexity index is 980. The lowest BCUT2D eigenvalue weighted by Crippen LogP contribution is -2.22. The van der Waals surface area contributed by atoms with Gasteiger partial charge in [-0.05, 0) is 49.1 Å². The van der Waals surface area contributed by atoms with Gasteiger partial charge in [0.1, 0.15) is 0 Å². The van der Waals surface area contributed by atoms with Gasteiger partial charge in [-0.15, -0.1) is 0 Å². The number of ether oxygens (including phenoxy) is 1. The second kappa shape index (κ2) is 9.00. The molecule has 1 amide bonds. The topological polar surface area (TPSA) is 55.4 Å². The van der Waals surface area contributed by atoms with E-state index in [2.05, 4.69) is 5.32 Å². The number of esters is 1. The van der Waals surface area contributed by atoms with Crippen molar-refractivity contribution < 1.29 is 14.3 Å². The largest absolute Gasteiger partial charge is 0.452 e. The molecule has 4 nitrogen and oxygen atoms in total. The summed E-state index contributed by atoms with van der Waals surface area (Å²) in [6.07, 6.45) is 0.708. The van der Waals surface area contributed by atoms with Gasteiger partial charge in [0.15, 0.2) is 6.61 Å². The average molecular weight is 373 g/mol. The summed E-state index contributed by atoms with van der Waals surface area (Å²) < 4.78 is 5.19. The minimum Gasteiger partial charge on any atom is -0.452 e. The number of hydrogen-bond donors (Lipinski definition) is 1. The molecule has 0 spiro atoms. The molecule has 0 aliphatic rings. The molecule has 0 heterocycles. The van der Waals surface area contributed by atoms with Gasteiger partial charge in [0.05, 0.1) is 5.56 Å². The summed E-state index contributed by atoms with van der Waals surface area (Å²) in [5, 5.41) is 2.85. The first-order chi connectivity index (χ1) is 13.5. The van der Waals surface area contributed by atoms with Crippen molar-refractivity contribution in [3.8, 4) is 0 Å². The highest BCUT2D eigenvalue weighted by Crippen LogP contribution is 2.19. The fourth-order valence-corrected chi connectivity index (χ4v) is 3.05. The highest BCUT2D eigenvalue weighted by molar-refractivity contribution is 5.96. The van der Waals surface area contributed by atoms with Gasteiger partial charge in [0.25, 0.3) is 5.91 Å². The molecule has 142 valence electrons. The Labute approximate surface area is 165 Å². The highest BCUT2D eigenvalue weighted by Gasteiger charge is 2.13. The first-order valence-corrected chi connectivity index (χ1v) is 9.19. The van der Waals surface area contributed by atoms with Crippen molar-refractivity contribution in [1.82, 2.24) is 0 Å². The second-order valence-electron chi connectivity index (χ2n) is 6.76. The maximum atomic E-state index is 12.3. The minimum absolute atomic E-state index is 0.328. The van der Waals surface area contributed by atoms with Crippen LogP contribution in [0, 0.1) is 13.8 Å². The molecule has 28 heavy (non-hydrogen) atoms. The van der Waals surface area contributed by atoms with Gasteiger partial charge in [-0.1, -0.05) is 66.2 Å². The van der Waals surface area contributed by atoms with E-state index < -0.39 is 5.97 Å². The first kappa shape index (κ1) is 19.4. The predicted molar refractivity (Wildman–Crippen MR) is 111 cm³/mol. The van der Waals surface area contributed by atoms with Crippen molar-refractivity contribution in [3.63, 3.8) is 0 Å². The molecule has 0 fully saturated rings. The van der Waals surface area contributed by atoms with E-state index in [0.29, 0.717) is 12.0 Å². The Morgan fingerprint density at radius 3 is 2.36 bits per heavy atom. The Morgan fingerprint density at radius 1 is 0.893 bits per heavy atom. The summed E-state index contributed by atoms with van der Waals surface area (Å²) in [7, 11) is 0. The number of aryl methyl sites for hydroxylation is 2. The van der Waals surface area contributed by atoms with E-state index in [1.54, 1.807) is 6.07 Å². The maximum Gasteiger partial charge on any atom is 0.338 e. The van der Waals surface area contributed by atoms with E-state index in [9.17, 15) is 9.59 Å². The van der Waals surface area contributed by atoms with Crippen LogP contribution in [0.4, 0.5) is 5.69 Å². The zero-order chi connectivity index (χ0) is 19.9. The van der Waals surface area contributed by atoms with E-state index in [1.165, 1.54) is 0 Å². The number of anilines is 1. The van der Waals surface area contributed by atoms with E-state index in [4.69, 9.17) is 4.74 Å². The molecule has 0 aliphatic heterocycles. The molecular weight excluding hydrogens is 350 g/mol. The molecule has 0 saturated carbocycles. The lowest BCUT2D eigenvalue weighted by Gasteiger charge is -2.12. The van der Waals surface area contributed by atoms with Crippen LogP contribution in [0.3, 0.4) is 0 Å². The normalized spacial score (nSPS) is 10.4. The van der Waals surface area contributed by atoms with Gasteiger partial charge in [-0.2, -0.15) is 0 Å². The SMILES string of the molecule is Cc1ccc(C(=O)OCC(=O)Nc2ccccc2Cc2ccccc2)c(C)c1. The van der Waals surface area contributed by atoms with E-state index >= 15 is 0 Å². The monoisotopic (exact) mass is 373 g/mol. The van der Waals surface area contributed by atoms with Gasteiger partial charge in [0, 0.05) is 5.69 Å². The molecule has 3 aromatic rings. The summed E-state index contributed by atoms with van der Waals surface area (Å²) in [6.45, 7) is 3.48. The molecule has 0 atom stereocenters. The van der Waals surface area contributed by atoms with Crippen LogP contribution in [0.15, 0.2) is 72.8 Å². The Kier molecular flexibility index (Phi) is 6.22. The van der Waals surface area contributed by atoms with Crippen molar-refractivity contribution in [2.24, 2.45) is 0 Å². The lowest BCUT2D eigenvalue weighted by molar-refractivity contribution is -0.119. The van der Waals surface area contributed by atoms with Crippen LogP contribution in [0.5, 0.6) is 0 Å². The third kappa shape index (κ3) is 5.07. The number of para-hydroxylation sites is 1. The fourth-order valence-electron chi connectivity index (χ4n) is 3.05. The van der Waals surface area contributed by atoms with Gasteiger partial charge in [-0.3, -0.25) is 4.79 Å². The summed E-state index contributed by atoms with van der Waals surface area (Å²) in [6, 6.07) is 23.2. The molecule has 0 aromatic heterocycles. The zero-order valence-corrected chi connectivity index (χ0v) is 16.1. The number of nitrogens with one attached hydrogen (secondary N) is 1. The van der Waals surface area contributed by atoms with Crippen LogP contribution in [0.2, 0.25) is 0 Å². The van der Waals surface area contributed by atoms with Crippen molar-refractivity contribution in [2.75, 3.05) is 11.9 Å². The van der Waals surface area contributed by atoms with Crippen LogP contribution in [-0.4, -0.2) is 18.5 Å². The van der Waals surface area contributed by atoms with Crippen molar-refractivity contribution in [2.45, 2.75) is 20.3 Å². The number of amides is 1. The van der Waals surface area contributed by atoms with Crippen LogP contribution in [0.25, 0.3) is 0 Å². The number of rotatable bonds is 6. The number of carbonyl (C=O) groups excluding carboxylic acids is 2. The van der Waals surface area contributed by atoms with Crippen molar-refractivity contribution in [3.05, 3.63) is 101 Å². The van der Waals surface area contributed by atoms with Gasteiger partial charge >= 0.3 is 5.97 Å². The molecule has 3 rings (SSSR count). The van der Waals surface area contributed by atoms with Crippen LogP contribution in [0.1, 0.15) is 32.6 Å². The van der Waals surface area contributed by atoms with Gasteiger partial charge < -0.3 is 10.1 Å². The predicted octanol–water partition coefficient (Wildman–Crippen LogP) is 4.69. The second-order valence-corrected chi connectivity index (χ2v) is 6.76. The smallest absolute Gasteiger partial charge is 0.338 e.